The Balaban J connectivity index is 3.32. The van der Waals surface area contributed by atoms with E-state index in [0.29, 0.717) is 0 Å². The molecule has 0 aliphatic heterocycles. The van der Waals surface area contributed by atoms with Crippen molar-refractivity contribution in [2.75, 3.05) is 14.1 Å². The van der Waals surface area contributed by atoms with E-state index >= 15 is 0 Å². The molecule has 8 heteroatoms. The zero-order chi connectivity index (χ0) is 12.5. The normalized spacial score (nSPS) is 11.8. The van der Waals surface area contributed by atoms with Crippen LogP contribution in [0.1, 0.15) is 5.56 Å². The topological polar surface area (TPSA) is 93.4 Å². The predicted molar refractivity (Wildman–Crippen MR) is 56.5 cm³/mol. The highest BCUT2D eigenvalue weighted by Gasteiger charge is 2.22. The van der Waals surface area contributed by atoms with E-state index in [0.717, 1.165) is 10.5 Å². The monoisotopic (exact) mass is 245 g/mol. The maximum Gasteiger partial charge on any atom is 0.366 e. The van der Waals surface area contributed by atoms with Crippen LogP contribution in [0.25, 0.3) is 0 Å². The van der Waals surface area contributed by atoms with Gasteiger partial charge in [-0.05, 0) is 22.9 Å². The Morgan fingerprint density at radius 3 is 2.38 bits per heavy atom. The predicted octanol–water partition coefficient (Wildman–Crippen LogP) is 0.549. The number of nitrogens with zero attached hydrogens (tertiary/aromatic N) is 3. The summed E-state index contributed by atoms with van der Waals surface area (Å²) in [5.41, 5.74) is 0.216. The molecule has 0 saturated heterocycles. The molecule has 1 rings (SSSR count). The molecule has 1 aromatic rings. The van der Waals surface area contributed by atoms with Gasteiger partial charge in [-0.3, -0.25) is 0 Å². The van der Waals surface area contributed by atoms with Crippen LogP contribution in [0, 0.1) is 17.0 Å². The minimum atomic E-state index is -3.59. The van der Waals surface area contributed by atoms with Crippen LogP contribution in [0.4, 0.5) is 5.82 Å². The molecule has 0 amide bonds. The zero-order valence-electron chi connectivity index (χ0n) is 9.04. The average molecular weight is 245 g/mol. The lowest BCUT2D eigenvalue weighted by Gasteiger charge is -2.10. The van der Waals surface area contributed by atoms with Crippen molar-refractivity contribution in [2.45, 2.75) is 11.8 Å². The first-order valence-corrected chi connectivity index (χ1v) is 5.74. The number of sulfonamides is 1. The molecule has 0 N–H and O–H groups in total. The molecule has 0 unspecified atom stereocenters. The third kappa shape index (κ3) is 2.17. The van der Waals surface area contributed by atoms with E-state index in [1.165, 1.54) is 27.1 Å². The van der Waals surface area contributed by atoms with Gasteiger partial charge in [-0.1, -0.05) is 0 Å². The van der Waals surface area contributed by atoms with Crippen LogP contribution in [0.5, 0.6) is 0 Å². The first-order chi connectivity index (χ1) is 7.26. The summed E-state index contributed by atoms with van der Waals surface area (Å²) in [5.74, 6) is -0.335. The molecule has 0 spiro atoms. The van der Waals surface area contributed by atoms with E-state index in [2.05, 4.69) is 4.98 Å². The molecule has 0 atom stereocenters. The van der Waals surface area contributed by atoms with Gasteiger partial charge in [0.05, 0.1) is 0 Å². The fraction of sp³-hybridized carbons (Fsp3) is 0.375. The summed E-state index contributed by atoms with van der Waals surface area (Å²) in [5, 5.41) is 10.5. The van der Waals surface area contributed by atoms with E-state index in [9.17, 15) is 18.5 Å². The molecule has 0 aromatic carbocycles. The maximum atomic E-state index is 11.7. The second-order valence-corrected chi connectivity index (χ2v) is 5.51. The lowest BCUT2D eigenvalue weighted by atomic mass is 10.3. The van der Waals surface area contributed by atoms with Crippen molar-refractivity contribution < 1.29 is 13.3 Å². The third-order valence-corrected chi connectivity index (χ3v) is 3.76. The Morgan fingerprint density at radius 1 is 1.44 bits per heavy atom. The number of aromatic nitrogens is 1. The second kappa shape index (κ2) is 4.14. The lowest BCUT2D eigenvalue weighted by Crippen LogP contribution is -2.22. The minimum Gasteiger partial charge on any atom is -0.358 e. The Kier molecular flexibility index (Phi) is 3.24. The Morgan fingerprint density at radius 2 is 2.00 bits per heavy atom. The first-order valence-electron chi connectivity index (χ1n) is 4.30. The molecular formula is C8H11N3O4S. The van der Waals surface area contributed by atoms with Crippen LogP contribution < -0.4 is 0 Å². The zero-order valence-corrected chi connectivity index (χ0v) is 9.85. The summed E-state index contributed by atoms with van der Waals surface area (Å²) in [6.07, 6.45) is 0.987. The fourth-order valence-electron chi connectivity index (χ4n) is 1.08. The smallest absolute Gasteiger partial charge is 0.358 e. The molecular weight excluding hydrogens is 234 g/mol. The van der Waals surface area contributed by atoms with Crippen LogP contribution in [0.2, 0.25) is 0 Å². The van der Waals surface area contributed by atoms with Gasteiger partial charge in [0.15, 0.2) is 6.20 Å². The Labute approximate surface area is 92.9 Å². The SMILES string of the molecule is Cc1cc(S(=O)(=O)N(C)C)cnc1[N+](=O)[O-]. The summed E-state index contributed by atoms with van der Waals surface area (Å²) in [7, 11) is -0.832. The molecule has 1 aromatic heterocycles. The van der Waals surface area contributed by atoms with E-state index in [1.807, 2.05) is 0 Å². The van der Waals surface area contributed by atoms with Gasteiger partial charge >= 0.3 is 5.82 Å². The molecule has 0 aliphatic carbocycles. The fourth-order valence-corrected chi connectivity index (χ4v) is 2.02. The standard InChI is InChI=1S/C8H11N3O4S/c1-6-4-7(16(14,15)10(2)3)5-9-8(6)11(12)13/h4-5H,1-3H3. The average Bonchev–Trinajstić information content (AvgIpc) is 2.16. The molecule has 7 nitrogen and oxygen atoms in total. The lowest BCUT2D eigenvalue weighted by molar-refractivity contribution is -0.390. The minimum absolute atomic E-state index is 0.0550. The van der Waals surface area contributed by atoms with Gasteiger partial charge in [0.25, 0.3) is 0 Å². The van der Waals surface area contributed by atoms with E-state index in [-0.39, 0.29) is 16.3 Å². The first kappa shape index (κ1) is 12.5. The van der Waals surface area contributed by atoms with Crippen molar-refractivity contribution in [1.82, 2.24) is 9.29 Å². The van der Waals surface area contributed by atoms with Crippen molar-refractivity contribution >= 4 is 15.8 Å². The van der Waals surface area contributed by atoms with Gasteiger partial charge in [-0.15, -0.1) is 0 Å². The van der Waals surface area contributed by atoms with Crippen LogP contribution in [0.15, 0.2) is 17.2 Å². The van der Waals surface area contributed by atoms with Crippen LogP contribution in [-0.2, 0) is 10.0 Å². The van der Waals surface area contributed by atoms with E-state index < -0.39 is 14.9 Å². The second-order valence-electron chi connectivity index (χ2n) is 3.36. The van der Waals surface area contributed by atoms with Crippen molar-refractivity contribution in [3.05, 3.63) is 27.9 Å². The number of hydrogen-bond acceptors (Lipinski definition) is 5. The van der Waals surface area contributed by atoms with E-state index in [1.54, 1.807) is 0 Å². The summed E-state index contributed by atoms with van der Waals surface area (Å²) in [6, 6.07) is 1.24. The molecule has 16 heavy (non-hydrogen) atoms. The Hall–Kier alpha value is -1.54. The van der Waals surface area contributed by atoms with Gasteiger partial charge in [-0.25, -0.2) is 12.7 Å². The summed E-state index contributed by atoms with van der Waals surface area (Å²) in [4.78, 5) is 13.3. The molecule has 1 heterocycles. The summed E-state index contributed by atoms with van der Waals surface area (Å²) in [6.45, 7) is 1.44. The maximum absolute atomic E-state index is 11.7. The van der Waals surface area contributed by atoms with Gasteiger partial charge in [-0.2, -0.15) is 0 Å². The van der Waals surface area contributed by atoms with Crippen molar-refractivity contribution in [2.24, 2.45) is 0 Å². The molecule has 0 aliphatic rings. The van der Waals surface area contributed by atoms with Gasteiger partial charge in [0.2, 0.25) is 10.0 Å². The molecule has 88 valence electrons. The van der Waals surface area contributed by atoms with Crippen molar-refractivity contribution in [3.8, 4) is 0 Å². The van der Waals surface area contributed by atoms with Gasteiger partial charge in [0.1, 0.15) is 4.90 Å². The highest BCUT2D eigenvalue weighted by molar-refractivity contribution is 7.89. The van der Waals surface area contributed by atoms with Crippen molar-refractivity contribution in [3.63, 3.8) is 0 Å². The van der Waals surface area contributed by atoms with Crippen LogP contribution >= 0.6 is 0 Å². The molecule has 0 fully saturated rings. The number of pyridine rings is 1. The number of nitro groups is 1. The quantitative estimate of drug-likeness (QED) is 0.572. The largest absolute Gasteiger partial charge is 0.366 e. The third-order valence-electron chi connectivity index (χ3n) is 1.98. The van der Waals surface area contributed by atoms with Gasteiger partial charge in [0, 0.05) is 19.7 Å². The van der Waals surface area contributed by atoms with Crippen LogP contribution in [0.3, 0.4) is 0 Å². The summed E-state index contributed by atoms with van der Waals surface area (Å²) >= 11 is 0. The molecule has 0 saturated carbocycles. The highest BCUT2D eigenvalue weighted by atomic mass is 32.2. The molecule has 0 bridgehead atoms. The number of hydrogen-bond donors (Lipinski definition) is 0. The number of aryl methyl sites for hydroxylation is 1. The summed E-state index contributed by atoms with van der Waals surface area (Å²) < 4.78 is 24.4. The van der Waals surface area contributed by atoms with Gasteiger partial charge < -0.3 is 10.1 Å². The van der Waals surface area contributed by atoms with Crippen LogP contribution in [-0.4, -0.2) is 36.7 Å². The number of rotatable bonds is 3. The Bertz CT molecular complexity index is 524. The molecule has 0 radical (unpaired) electrons. The van der Waals surface area contributed by atoms with E-state index in [4.69, 9.17) is 0 Å². The highest BCUT2D eigenvalue weighted by Crippen LogP contribution is 2.19. The van der Waals surface area contributed by atoms with Crippen molar-refractivity contribution in [1.29, 1.82) is 0 Å².